The Morgan fingerprint density at radius 1 is 0.786 bits per heavy atom. The first-order valence-electron chi connectivity index (χ1n) is 8.02. The summed E-state index contributed by atoms with van der Waals surface area (Å²) in [6.07, 6.45) is 0. The molecule has 0 radical (unpaired) electrons. The molecule has 0 aliphatic heterocycles. The molecule has 3 aromatic rings. The third kappa shape index (κ3) is 3.03. The lowest BCUT2D eigenvalue weighted by molar-refractivity contribution is -0.399. The smallest absolute Gasteiger partial charge is 0.295 e. The maximum absolute atomic E-state index is 13.4. The van der Waals surface area contributed by atoms with Crippen molar-refractivity contribution in [2.24, 2.45) is 0 Å². The van der Waals surface area contributed by atoms with Crippen LogP contribution in [0, 0.1) is 20.2 Å². The molecule has 0 aliphatic rings. The molecule has 28 heavy (non-hydrogen) atoms. The van der Waals surface area contributed by atoms with Crippen LogP contribution in [0.2, 0.25) is 0 Å². The Morgan fingerprint density at radius 3 is 1.82 bits per heavy atom. The van der Waals surface area contributed by atoms with Crippen molar-refractivity contribution in [3.05, 3.63) is 74.8 Å². The van der Waals surface area contributed by atoms with E-state index < -0.39 is 36.0 Å². The molecular formula is C18H15N3O6S. The van der Waals surface area contributed by atoms with E-state index >= 15 is 0 Å². The predicted octanol–water partition coefficient (Wildman–Crippen LogP) is 3.56. The van der Waals surface area contributed by atoms with Crippen LogP contribution in [-0.2, 0) is 9.84 Å². The van der Waals surface area contributed by atoms with Gasteiger partial charge in [-0.3, -0.25) is 20.2 Å². The number of anilines is 1. The second-order valence-corrected chi connectivity index (χ2v) is 8.02. The van der Waals surface area contributed by atoms with E-state index in [4.69, 9.17) is 0 Å². The molecule has 10 heteroatoms. The second kappa shape index (κ2) is 6.89. The molecule has 0 fully saturated rings. The molecule has 3 aromatic carbocycles. The molecule has 0 saturated carbocycles. The van der Waals surface area contributed by atoms with Crippen LogP contribution in [0.4, 0.5) is 17.1 Å². The van der Waals surface area contributed by atoms with Crippen LogP contribution in [0.15, 0.2) is 64.4 Å². The SMILES string of the molecule is CN(C)c1cccc2c(S(=O)(=O)c3c([N+](=O)[O-])cccc3[N+](=O)[O-])cccc12. The summed E-state index contributed by atoms with van der Waals surface area (Å²) in [4.78, 5) is 21.6. The minimum Gasteiger partial charge on any atom is -0.377 e. The lowest BCUT2D eigenvalue weighted by atomic mass is 10.1. The molecule has 0 saturated heterocycles. The maximum atomic E-state index is 13.4. The number of nitrogens with zero attached hydrogens (tertiary/aromatic N) is 3. The molecule has 144 valence electrons. The van der Waals surface area contributed by atoms with Crippen molar-refractivity contribution in [1.29, 1.82) is 0 Å². The van der Waals surface area contributed by atoms with Crippen molar-refractivity contribution in [3.8, 4) is 0 Å². The molecule has 3 rings (SSSR count). The Bertz CT molecular complexity index is 1190. The molecule has 0 unspecified atom stereocenters. The van der Waals surface area contributed by atoms with Gasteiger partial charge in [0.15, 0.2) is 0 Å². The summed E-state index contributed by atoms with van der Waals surface area (Å²) >= 11 is 0. The van der Waals surface area contributed by atoms with Gasteiger partial charge in [-0.2, -0.15) is 0 Å². The molecular weight excluding hydrogens is 386 g/mol. The van der Waals surface area contributed by atoms with Gasteiger partial charge in [-0.1, -0.05) is 24.3 Å². The molecule has 0 bridgehead atoms. The van der Waals surface area contributed by atoms with Crippen LogP contribution in [0.25, 0.3) is 10.8 Å². The van der Waals surface area contributed by atoms with E-state index in [0.29, 0.717) is 10.8 Å². The van der Waals surface area contributed by atoms with Crippen molar-refractivity contribution in [3.63, 3.8) is 0 Å². The Balaban J connectivity index is 2.43. The third-order valence-corrected chi connectivity index (χ3v) is 6.16. The van der Waals surface area contributed by atoms with Gasteiger partial charge in [0.25, 0.3) is 11.4 Å². The van der Waals surface area contributed by atoms with E-state index in [1.807, 2.05) is 0 Å². The molecule has 0 heterocycles. The first kappa shape index (κ1) is 19.2. The van der Waals surface area contributed by atoms with Crippen molar-refractivity contribution in [1.82, 2.24) is 0 Å². The highest BCUT2D eigenvalue weighted by molar-refractivity contribution is 7.92. The summed E-state index contributed by atoms with van der Waals surface area (Å²) < 4.78 is 26.7. The van der Waals surface area contributed by atoms with Gasteiger partial charge in [-0.15, -0.1) is 0 Å². The molecule has 0 atom stereocenters. The first-order chi connectivity index (χ1) is 13.2. The van der Waals surface area contributed by atoms with Crippen LogP contribution in [0.5, 0.6) is 0 Å². The zero-order valence-corrected chi connectivity index (χ0v) is 15.7. The summed E-state index contributed by atoms with van der Waals surface area (Å²) in [5.41, 5.74) is -0.934. The number of rotatable bonds is 5. The monoisotopic (exact) mass is 401 g/mol. The Hall–Kier alpha value is -3.53. The van der Waals surface area contributed by atoms with Gasteiger partial charge >= 0.3 is 0 Å². The fourth-order valence-corrected chi connectivity index (χ4v) is 4.86. The summed E-state index contributed by atoms with van der Waals surface area (Å²) in [5, 5.41) is 23.7. The molecule has 0 N–H and O–H groups in total. The highest BCUT2D eigenvalue weighted by atomic mass is 32.2. The quantitative estimate of drug-likeness (QED) is 0.473. The van der Waals surface area contributed by atoms with E-state index in [-0.39, 0.29) is 4.90 Å². The molecule has 9 nitrogen and oxygen atoms in total. The van der Waals surface area contributed by atoms with Gasteiger partial charge in [0.1, 0.15) is 0 Å². The highest BCUT2D eigenvalue weighted by Crippen LogP contribution is 2.39. The lowest BCUT2D eigenvalue weighted by Gasteiger charge is -2.17. The van der Waals surface area contributed by atoms with Crippen molar-refractivity contribution < 1.29 is 18.3 Å². The maximum Gasteiger partial charge on any atom is 0.295 e. The standard InChI is InChI=1S/C18H15N3O6S/c1-19(2)14-8-3-7-13-12(14)6-4-11-17(13)28(26,27)18-15(20(22)23)9-5-10-16(18)21(24)25/h3-11H,1-2H3. The Labute approximate surface area is 160 Å². The summed E-state index contributed by atoms with van der Waals surface area (Å²) in [7, 11) is -0.972. The number of hydrogen-bond donors (Lipinski definition) is 0. The lowest BCUT2D eigenvalue weighted by Crippen LogP contribution is -2.11. The summed E-state index contributed by atoms with van der Waals surface area (Å²) in [5.74, 6) is 0. The van der Waals surface area contributed by atoms with Gasteiger partial charge in [0, 0.05) is 42.7 Å². The van der Waals surface area contributed by atoms with Crippen molar-refractivity contribution in [2.45, 2.75) is 9.79 Å². The zero-order chi connectivity index (χ0) is 20.6. The van der Waals surface area contributed by atoms with Crippen LogP contribution in [-0.4, -0.2) is 32.4 Å². The average molecular weight is 401 g/mol. The van der Waals surface area contributed by atoms with Gasteiger partial charge in [0.2, 0.25) is 14.7 Å². The van der Waals surface area contributed by atoms with E-state index in [1.54, 1.807) is 43.3 Å². The second-order valence-electron chi connectivity index (χ2n) is 6.17. The van der Waals surface area contributed by atoms with Crippen molar-refractivity contribution in [2.75, 3.05) is 19.0 Å². The molecule has 0 spiro atoms. The fourth-order valence-electron chi connectivity index (χ4n) is 3.07. The number of nitro benzene ring substituents is 2. The van der Waals surface area contributed by atoms with Gasteiger partial charge in [0.05, 0.1) is 14.7 Å². The van der Waals surface area contributed by atoms with E-state index in [9.17, 15) is 28.6 Å². The number of hydrogen-bond acceptors (Lipinski definition) is 7. The number of nitro groups is 2. The minimum absolute atomic E-state index is 0.230. The molecule has 0 aliphatic carbocycles. The van der Waals surface area contributed by atoms with Crippen LogP contribution in [0.3, 0.4) is 0 Å². The first-order valence-corrected chi connectivity index (χ1v) is 9.50. The summed E-state index contributed by atoms with van der Waals surface area (Å²) in [6.45, 7) is 0. The molecule has 0 amide bonds. The fraction of sp³-hybridized carbons (Fsp3) is 0.111. The average Bonchev–Trinajstić information content (AvgIpc) is 2.66. The normalized spacial score (nSPS) is 11.4. The minimum atomic E-state index is -4.56. The third-order valence-electron chi connectivity index (χ3n) is 4.27. The van der Waals surface area contributed by atoms with Crippen LogP contribution in [0.1, 0.15) is 0 Å². The summed E-state index contributed by atoms with van der Waals surface area (Å²) in [6, 6.07) is 12.5. The Morgan fingerprint density at radius 2 is 1.29 bits per heavy atom. The Kier molecular flexibility index (Phi) is 4.73. The van der Waals surface area contributed by atoms with E-state index in [1.165, 1.54) is 12.1 Å². The van der Waals surface area contributed by atoms with E-state index in [2.05, 4.69) is 0 Å². The topological polar surface area (TPSA) is 124 Å². The van der Waals surface area contributed by atoms with Gasteiger partial charge in [-0.05, 0) is 18.2 Å². The predicted molar refractivity (Wildman–Crippen MR) is 103 cm³/mol. The van der Waals surface area contributed by atoms with Crippen LogP contribution >= 0.6 is 0 Å². The zero-order valence-electron chi connectivity index (χ0n) is 14.9. The van der Waals surface area contributed by atoms with E-state index in [0.717, 1.165) is 23.9 Å². The molecule has 0 aromatic heterocycles. The van der Waals surface area contributed by atoms with Gasteiger partial charge in [-0.25, -0.2) is 8.42 Å². The largest absolute Gasteiger partial charge is 0.377 e. The number of sulfone groups is 1. The van der Waals surface area contributed by atoms with Crippen molar-refractivity contribution >= 4 is 37.7 Å². The number of fused-ring (bicyclic) bond motifs is 1. The van der Waals surface area contributed by atoms with Crippen LogP contribution < -0.4 is 4.90 Å². The van der Waals surface area contributed by atoms with Gasteiger partial charge < -0.3 is 4.90 Å². The number of benzene rings is 3. The highest BCUT2D eigenvalue weighted by Gasteiger charge is 2.37.